The molecular formula is C12H13F5N2S. The van der Waals surface area contributed by atoms with E-state index >= 15 is 0 Å². The molecule has 0 aliphatic carbocycles. The monoisotopic (exact) mass is 312 g/mol. The van der Waals surface area contributed by atoms with Gasteiger partial charge in [-0.2, -0.15) is 13.2 Å². The van der Waals surface area contributed by atoms with Crippen molar-refractivity contribution in [2.24, 2.45) is 5.73 Å². The fourth-order valence-electron chi connectivity index (χ4n) is 1.74. The van der Waals surface area contributed by atoms with Gasteiger partial charge in [0, 0.05) is 12.1 Å². The van der Waals surface area contributed by atoms with Gasteiger partial charge in [-0.25, -0.2) is 8.78 Å². The lowest BCUT2D eigenvalue weighted by atomic mass is 10.1. The molecule has 0 bridgehead atoms. The second-order valence-electron chi connectivity index (χ2n) is 4.16. The number of hydrogen-bond acceptors (Lipinski definition) is 2. The lowest BCUT2D eigenvalue weighted by Crippen LogP contribution is -2.35. The van der Waals surface area contributed by atoms with Crippen LogP contribution in [0.4, 0.5) is 27.6 Å². The Morgan fingerprint density at radius 3 is 2.30 bits per heavy atom. The minimum absolute atomic E-state index is 0.0533. The summed E-state index contributed by atoms with van der Waals surface area (Å²) in [4.78, 5) is 0.382. The van der Waals surface area contributed by atoms with Gasteiger partial charge in [0.25, 0.3) is 0 Å². The van der Waals surface area contributed by atoms with E-state index in [4.69, 9.17) is 5.73 Å². The van der Waals surface area contributed by atoms with E-state index in [9.17, 15) is 22.0 Å². The molecule has 1 aromatic carbocycles. The Hall–Kier alpha value is -1.44. The average Bonchev–Trinajstić information content (AvgIpc) is 2.30. The van der Waals surface area contributed by atoms with Crippen molar-refractivity contribution in [3.05, 3.63) is 29.3 Å². The number of nitrogens with two attached hydrogens (primary N) is 1. The maximum Gasteiger partial charge on any atom is 0.405 e. The van der Waals surface area contributed by atoms with Gasteiger partial charge in [0.15, 0.2) is 11.6 Å². The molecule has 0 aliphatic rings. The van der Waals surface area contributed by atoms with E-state index < -0.39 is 30.0 Å². The highest BCUT2D eigenvalue weighted by atomic mass is 32.1. The number of thiocarbonyl (C=S) groups is 1. The highest BCUT2D eigenvalue weighted by Crippen LogP contribution is 2.27. The van der Waals surface area contributed by atoms with Crippen molar-refractivity contribution in [2.75, 3.05) is 18.0 Å². The largest absolute Gasteiger partial charge is 0.405 e. The Morgan fingerprint density at radius 1 is 1.25 bits per heavy atom. The van der Waals surface area contributed by atoms with Gasteiger partial charge in [0.1, 0.15) is 11.5 Å². The Labute approximate surface area is 118 Å². The molecule has 112 valence electrons. The summed E-state index contributed by atoms with van der Waals surface area (Å²) in [7, 11) is 0. The summed E-state index contributed by atoms with van der Waals surface area (Å²) in [6.45, 7) is 0.229. The third-order valence-corrected chi connectivity index (χ3v) is 2.75. The molecule has 0 radical (unpaired) electrons. The van der Waals surface area contributed by atoms with E-state index in [1.165, 1.54) is 0 Å². The minimum atomic E-state index is -4.51. The van der Waals surface area contributed by atoms with Crippen molar-refractivity contribution in [3.63, 3.8) is 0 Å². The molecular weight excluding hydrogens is 299 g/mol. The van der Waals surface area contributed by atoms with Gasteiger partial charge < -0.3 is 10.6 Å². The van der Waals surface area contributed by atoms with Gasteiger partial charge in [-0.15, -0.1) is 0 Å². The van der Waals surface area contributed by atoms with E-state index in [0.717, 1.165) is 17.0 Å². The van der Waals surface area contributed by atoms with Crippen LogP contribution in [0.15, 0.2) is 12.1 Å². The summed E-state index contributed by atoms with van der Waals surface area (Å²) < 4.78 is 64.9. The molecule has 0 aromatic heterocycles. The minimum Gasteiger partial charge on any atom is -0.389 e. The molecule has 8 heteroatoms. The molecule has 20 heavy (non-hydrogen) atoms. The number of nitrogens with zero attached hydrogens (tertiary/aromatic N) is 1. The van der Waals surface area contributed by atoms with Crippen LogP contribution in [0.25, 0.3) is 0 Å². The summed E-state index contributed by atoms with van der Waals surface area (Å²) in [6.07, 6.45) is -4.16. The fraction of sp³-hybridized carbons (Fsp3) is 0.417. The Bertz CT molecular complexity index is 501. The number of halogens is 5. The molecule has 2 nitrogen and oxygen atoms in total. The highest BCUT2D eigenvalue weighted by molar-refractivity contribution is 7.80. The van der Waals surface area contributed by atoms with Gasteiger partial charge in [-0.05, 0) is 18.6 Å². The molecule has 0 unspecified atom stereocenters. The summed E-state index contributed by atoms with van der Waals surface area (Å²) in [5.41, 5.74) is 4.42. The second-order valence-corrected chi connectivity index (χ2v) is 4.60. The van der Waals surface area contributed by atoms with Crippen LogP contribution in [0.2, 0.25) is 0 Å². The number of alkyl halides is 3. The van der Waals surface area contributed by atoms with Gasteiger partial charge in [-0.3, -0.25) is 0 Å². The van der Waals surface area contributed by atoms with Gasteiger partial charge >= 0.3 is 6.18 Å². The van der Waals surface area contributed by atoms with Crippen molar-refractivity contribution in [1.29, 1.82) is 0 Å². The number of benzene rings is 1. The maximum atomic E-state index is 13.9. The van der Waals surface area contributed by atoms with Crippen molar-refractivity contribution >= 4 is 22.9 Å². The normalized spacial score (nSPS) is 11.5. The van der Waals surface area contributed by atoms with Crippen molar-refractivity contribution in [1.82, 2.24) is 0 Å². The van der Waals surface area contributed by atoms with Crippen molar-refractivity contribution in [2.45, 2.75) is 19.5 Å². The predicted molar refractivity (Wildman–Crippen MR) is 70.8 cm³/mol. The Balaban J connectivity index is 3.21. The van der Waals surface area contributed by atoms with E-state index in [-0.39, 0.29) is 17.1 Å². The Kier molecular flexibility index (Phi) is 5.27. The molecule has 0 atom stereocenters. The first kappa shape index (κ1) is 16.6. The van der Waals surface area contributed by atoms with E-state index in [1.807, 2.05) is 0 Å². The number of hydrogen-bond donors (Lipinski definition) is 1. The first-order valence-corrected chi connectivity index (χ1v) is 6.17. The molecule has 0 spiro atoms. The van der Waals surface area contributed by atoms with Gasteiger partial charge in [0.05, 0.1) is 5.69 Å². The third-order valence-electron chi connectivity index (χ3n) is 2.53. The molecule has 1 rings (SSSR count). The lowest BCUT2D eigenvalue weighted by molar-refractivity contribution is -0.119. The van der Waals surface area contributed by atoms with E-state index in [1.54, 1.807) is 6.92 Å². The molecule has 2 N–H and O–H groups in total. The van der Waals surface area contributed by atoms with Crippen LogP contribution < -0.4 is 10.6 Å². The highest BCUT2D eigenvalue weighted by Gasteiger charge is 2.32. The first-order chi connectivity index (χ1) is 9.17. The van der Waals surface area contributed by atoms with Crippen LogP contribution in [-0.2, 0) is 0 Å². The first-order valence-electron chi connectivity index (χ1n) is 5.77. The topological polar surface area (TPSA) is 29.3 Å². The standard InChI is InChI=1S/C12H13F5N2S/c1-2-5-19(6-12(15,16)17)8-4-3-7(11(18)20)9(13)10(8)14/h3-4H,2,5-6H2,1H3,(H2,18,20). The van der Waals surface area contributed by atoms with Crippen LogP contribution in [-0.4, -0.2) is 24.3 Å². The van der Waals surface area contributed by atoms with Crippen molar-refractivity contribution < 1.29 is 22.0 Å². The average molecular weight is 312 g/mol. The van der Waals surface area contributed by atoms with E-state index in [0.29, 0.717) is 6.42 Å². The molecule has 0 aliphatic heterocycles. The molecule has 0 amide bonds. The van der Waals surface area contributed by atoms with Crippen LogP contribution in [0.1, 0.15) is 18.9 Å². The zero-order chi connectivity index (χ0) is 15.5. The van der Waals surface area contributed by atoms with Crippen LogP contribution in [0.3, 0.4) is 0 Å². The molecule has 0 saturated heterocycles. The summed E-state index contributed by atoms with van der Waals surface area (Å²) in [5, 5.41) is 0. The summed E-state index contributed by atoms with van der Waals surface area (Å²) in [6, 6.07) is 2.13. The molecule has 0 saturated carbocycles. The van der Waals surface area contributed by atoms with Crippen LogP contribution in [0, 0.1) is 11.6 Å². The van der Waals surface area contributed by atoms with Gasteiger partial charge in [-0.1, -0.05) is 19.1 Å². The fourth-order valence-corrected chi connectivity index (χ4v) is 1.90. The SMILES string of the molecule is CCCN(CC(F)(F)F)c1ccc(C(N)=S)c(F)c1F. The summed E-state index contributed by atoms with van der Waals surface area (Å²) >= 11 is 4.53. The molecule has 0 heterocycles. The second kappa shape index (κ2) is 6.34. The smallest absolute Gasteiger partial charge is 0.389 e. The zero-order valence-corrected chi connectivity index (χ0v) is 11.4. The predicted octanol–water partition coefficient (Wildman–Crippen LogP) is 3.38. The molecule has 1 aromatic rings. The Morgan fingerprint density at radius 2 is 1.85 bits per heavy atom. The van der Waals surface area contributed by atoms with Crippen molar-refractivity contribution in [3.8, 4) is 0 Å². The summed E-state index contributed by atoms with van der Waals surface area (Å²) in [5.74, 6) is -2.72. The zero-order valence-electron chi connectivity index (χ0n) is 10.6. The maximum absolute atomic E-state index is 13.9. The number of rotatable bonds is 5. The van der Waals surface area contributed by atoms with Crippen LogP contribution in [0.5, 0.6) is 0 Å². The molecule has 0 fully saturated rings. The third kappa shape index (κ3) is 4.03. The lowest BCUT2D eigenvalue weighted by Gasteiger charge is -2.26. The van der Waals surface area contributed by atoms with E-state index in [2.05, 4.69) is 12.2 Å². The van der Waals surface area contributed by atoms with Crippen LogP contribution >= 0.6 is 12.2 Å². The van der Waals surface area contributed by atoms with Gasteiger partial charge in [0.2, 0.25) is 0 Å². The quantitative estimate of drug-likeness (QED) is 0.667. The number of anilines is 1.